The Bertz CT molecular complexity index is 369. The van der Waals surface area contributed by atoms with Crippen molar-refractivity contribution in [3.05, 3.63) is 35.9 Å². The minimum atomic E-state index is -4.48. The van der Waals surface area contributed by atoms with Crippen LogP contribution in [0.2, 0.25) is 0 Å². The van der Waals surface area contributed by atoms with E-state index in [0.717, 1.165) is 6.92 Å². The normalized spacial score (nSPS) is 17.2. The van der Waals surface area contributed by atoms with Crippen LogP contribution in [-0.2, 0) is 0 Å². The Labute approximate surface area is 104 Å². The molecule has 0 radical (unpaired) electrons. The molecule has 6 heteroatoms. The van der Waals surface area contributed by atoms with Crippen LogP contribution in [0.5, 0.6) is 0 Å². The minimum absolute atomic E-state index is 0.435. The van der Waals surface area contributed by atoms with Crippen LogP contribution in [0.3, 0.4) is 0 Å². The predicted octanol–water partition coefficient (Wildman–Crippen LogP) is 1.59. The predicted molar refractivity (Wildman–Crippen MR) is 62.9 cm³/mol. The summed E-state index contributed by atoms with van der Waals surface area (Å²) in [6.45, 7) is -0.0475. The second kappa shape index (κ2) is 5.69. The van der Waals surface area contributed by atoms with Crippen LogP contribution in [0.25, 0.3) is 0 Å². The largest absolute Gasteiger partial charge is 0.407 e. The number of alkyl halides is 3. The van der Waals surface area contributed by atoms with Gasteiger partial charge in [-0.15, -0.1) is 0 Å². The Morgan fingerprint density at radius 3 is 2.22 bits per heavy atom. The van der Waals surface area contributed by atoms with Crippen LogP contribution in [0.1, 0.15) is 18.5 Å². The second-order valence-corrected chi connectivity index (χ2v) is 4.32. The van der Waals surface area contributed by atoms with E-state index in [2.05, 4.69) is 5.32 Å². The summed E-state index contributed by atoms with van der Waals surface area (Å²) in [5, 5.41) is 11.6. The van der Waals surface area contributed by atoms with E-state index in [9.17, 15) is 18.3 Å². The third-order valence-corrected chi connectivity index (χ3v) is 2.91. The molecule has 0 saturated heterocycles. The van der Waals surface area contributed by atoms with Crippen LogP contribution < -0.4 is 11.1 Å². The number of hydrogen-bond acceptors (Lipinski definition) is 3. The maximum atomic E-state index is 12.9. The minimum Gasteiger partial charge on any atom is -0.394 e. The van der Waals surface area contributed by atoms with Gasteiger partial charge in [-0.3, -0.25) is 5.32 Å². The third-order valence-electron chi connectivity index (χ3n) is 2.91. The monoisotopic (exact) mass is 262 g/mol. The number of halogens is 3. The lowest BCUT2D eigenvalue weighted by atomic mass is 9.98. The van der Waals surface area contributed by atoms with Gasteiger partial charge in [0.1, 0.15) is 5.54 Å². The first kappa shape index (κ1) is 14.9. The molecule has 0 bridgehead atoms. The Kier molecular flexibility index (Phi) is 4.72. The van der Waals surface area contributed by atoms with Crippen molar-refractivity contribution in [2.24, 2.45) is 5.73 Å². The van der Waals surface area contributed by atoms with Crippen LogP contribution in [0.15, 0.2) is 30.3 Å². The first-order chi connectivity index (χ1) is 8.34. The van der Waals surface area contributed by atoms with Crippen molar-refractivity contribution in [3.63, 3.8) is 0 Å². The number of nitrogens with one attached hydrogen (secondary N) is 1. The fourth-order valence-electron chi connectivity index (χ4n) is 1.56. The molecule has 0 saturated carbocycles. The summed E-state index contributed by atoms with van der Waals surface area (Å²) in [4.78, 5) is 0. The highest BCUT2D eigenvalue weighted by Gasteiger charge is 2.51. The standard InChI is InChI=1S/C12H17F3N2O/c1-11(8-16,12(13,14)15)17-10(7-18)9-5-3-2-4-6-9/h2-6,10,17-18H,7-8,16H2,1H3/t10?,11-/m1/s1. The van der Waals surface area contributed by atoms with Crippen molar-refractivity contribution in [2.75, 3.05) is 13.2 Å². The zero-order valence-electron chi connectivity index (χ0n) is 10.0. The quantitative estimate of drug-likeness (QED) is 0.755. The maximum Gasteiger partial charge on any atom is 0.407 e. The average Bonchev–Trinajstić information content (AvgIpc) is 2.35. The summed E-state index contributed by atoms with van der Waals surface area (Å²) < 4.78 is 38.7. The summed E-state index contributed by atoms with van der Waals surface area (Å²) >= 11 is 0. The molecule has 0 heterocycles. The Morgan fingerprint density at radius 2 is 1.83 bits per heavy atom. The summed E-state index contributed by atoms with van der Waals surface area (Å²) in [6, 6.07) is 7.66. The smallest absolute Gasteiger partial charge is 0.394 e. The van der Waals surface area contributed by atoms with Crippen LogP contribution in [-0.4, -0.2) is 30.0 Å². The van der Waals surface area contributed by atoms with E-state index in [0.29, 0.717) is 5.56 Å². The van der Waals surface area contributed by atoms with E-state index in [-0.39, 0.29) is 0 Å². The number of aliphatic hydroxyl groups is 1. The third kappa shape index (κ3) is 3.22. The molecule has 102 valence electrons. The molecule has 3 nitrogen and oxygen atoms in total. The number of benzene rings is 1. The van der Waals surface area contributed by atoms with Crippen molar-refractivity contribution in [1.29, 1.82) is 0 Å². The van der Waals surface area contributed by atoms with Gasteiger partial charge in [-0.2, -0.15) is 13.2 Å². The summed E-state index contributed by atoms with van der Waals surface area (Å²) in [7, 11) is 0. The zero-order valence-corrected chi connectivity index (χ0v) is 10.0. The lowest BCUT2D eigenvalue weighted by Crippen LogP contribution is -2.60. The van der Waals surface area contributed by atoms with E-state index >= 15 is 0 Å². The van der Waals surface area contributed by atoms with Crippen LogP contribution in [0.4, 0.5) is 13.2 Å². The molecule has 1 rings (SSSR count). The van der Waals surface area contributed by atoms with Crippen molar-refractivity contribution < 1.29 is 18.3 Å². The van der Waals surface area contributed by atoms with Gasteiger partial charge in [0, 0.05) is 6.54 Å². The van der Waals surface area contributed by atoms with Crippen molar-refractivity contribution in [1.82, 2.24) is 5.32 Å². The number of nitrogens with two attached hydrogens (primary N) is 1. The molecular formula is C12H17F3N2O. The molecule has 1 aromatic rings. The molecule has 0 fully saturated rings. The van der Waals surface area contributed by atoms with Gasteiger partial charge in [-0.1, -0.05) is 30.3 Å². The van der Waals surface area contributed by atoms with Crippen molar-refractivity contribution in [3.8, 4) is 0 Å². The number of rotatable bonds is 5. The van der Waals surface area contributed by atoms with Crippen molar-refractivity contribution in [2.45, 2.75) is 24.7 Å². The van der Waals surface area contributed by atoms with E-state index in [1.807, 2.05) is 0 Å². The molecule has 4 N–H and O–H groups in total. The van der Waals surface area contributed by atoms with E-state index < -0.39 is 30.9 Å². The SMILES string of the molecule is C[C@](CN)(NC(CO)c1ccccc1)C(F)(F)F. The van der Waals surface area contributed by atoms with Gasteiger partial charge in [0.15, 0.2) is 0 Å². The van der Waals surface area contributed by atoms with Gasteiger partial charge in [-0.05, 0) is 12.5 Å². The van der Waals surface area contributed by atoms with E-state index in [1.54, 1.807) is 30.3 Å². The lowest BCUT2D eigenvalue weighted by Gasteiger charge is -2.35. The van der Waals surface area contributed by atoms with Gasteiger partial charge in [0.2, 0.25) is 0 Å². The fourth-order valence-corrected chi connectivity index (χ4v) is 1.56. The lowest BCUT2D eigenvalue weighted by molar-refractivity contribution is -0.191. The fraction of sp³-hybridized carbons (Fsp3) is 0.500. The molecule has 18 heavy (non-hydrogen) atoms. The van der Waals surface area contributed by atoms with E-state index in [1.165, 1.54) is 0 Å². The van der Waals surface area contributed by atoms with Gasteiger partial charge in [0.05, 0.1) is 12.6 Å². The van der Waals surface area contributed by atoms with Gasteiger partial charge < -0.3 is 10.8 Å². The highest BCUT2D eigenvalue weighted by atomic mass is 19.4. The molecule has 0 aliphatic carbocycles. The average molecular weight is 262 g/mol. The Hall–Kier alpha value is -1.11. The maximum absolute atomic E-state index is 12.9. The van der Waals surface area contributed by atoms with Gasteiger partial charge >= 0.3 is 6.18 Å². The molecule has 1 unspecified atom stereocenters. The van der Waals surface area contributed by atoms with Gasteiger partial charge in [-0.25, -0.2) is 0 Å². The number of aliphatic hydroxyl groups excluding tert-OH is 1. The topological polar surface area (TPSA) is 58.3 Å². The molecular weight excluding hydrogens is 245 g/mol. The molecule has 0 spiro atoms. The van der Waals surface area contributed by atoms with Crippen LogP contribution in [0, 0.1) is 0 Å². The van der Waals surface area contributed by atoms with E-state index in [4.69, 9.17) is 5.73 Å². The Balaban J connectivity index is 2.92. The zero-order chi connectivity index (χ0) is 13.8. The molecule has 2 atom stereocenters. The molecule has 0 amide bonds. The molecule has 1 aromatic carbocycles. The first-order valence-electron chi connectivity index (χ1n) is 5.54. The second-order valence-electron chi connectivity index (χ2n) is 4.32. The summed E-state index contributed by atoms with van der Waals surface area (Å²) in [5.41, 5.74) is 3.57. The Morgan fingerprint density at radius 1 is 1.28 bits per heavy atom. The molecule has 0 aliphatic rings. The van der Waals surface area contributed by atoms with Gasteiger partial charge in [0.25, 0.3) is 0 Å². The highest BCUT2D eigenvalue weighted by molar-refractivity contribution is 5.20. The summed E-state index contributed by atoms with van der Waals surface area (Å²) in [5.74, 6) is 0. The molecule has 0 aromatic heterocycles. The number of hydrogen-bond donors (Lipinski definition) is 3. The molecule has 0 aliphatic heterocycles. The first-order valence-corrected chi connectivity index (χ1v) is 5.54. The summed E-state index contributed by atoms with van der Waals surface area (Å²) in [6.07, 6.45) is -4.48. The highest BCUT2D eigenvalue weighted by Crippen LogP contribution is 2.31. The van der Waals surface area contributed by atoms with Crippen molar-refractivity contribution >= 4 is 0 Å². The van der Waals surface area contributed by atoms with Crippen LogP contribution >= 0.6 is 0 Å².